The molecular weight excluding hydrogens is 324 g/mol. The van der Waals surface area contributed by atoms with Crippen LogP contribution in [0.4, 0.5) is 13.2 Å². The molecule has 3 rings (SSSR count). The Morgan fingerprint density at radius 3 is 2.57 bits per heavy atom. The predicted octanol–water partition coefficient (Wildman–Crippen LogP) is 5.02. The third-order valence-electron chi connectivity index (χ3n) is 3.39. The van der Waals surface area contributed by atoms with Crippen molar-refractivity contribution in [2.24, 2.45) is 0 Å². The van der Waals surface area contributed by atoms with E-state index in [2.05, 4.69) is 0 Å². The van der Waals surface area contributed by atoms with Gasteiger partial charge in [-0.2, -0.15) is 0 Å². The maximum atomic E-state index is 13.9. The summed E-state index contributed by atoms with van der Waals surface area (Å²) < 4.78 is 45.7. The van der Waals surface area contributed by atoms with Crippen LogP contribution in [0.1, 0.15) is 22.1 Å². The summed E-state index contributed by atoms with van der Waals surface area (Å²) in [6.07, 6.45) is 0.673. The molecule has 6 heteroatoms. The summed E-state index contributed by atoms with van der Waals surface area (Å²) in [4.78, 5) is 0. The lowest BCUT2D eigenvalue weighted by atomic mass is 10.00. The lowest BCUT2D eigenvalue weighted by Gasteiger charge is -2.16. The highest BCUT2D eigenvalue weighted by atomic mass is 35.5. The molecule has 0 amide bonds. The van der Waals surface area contributed by atoms with Crippen LogP contribution in [0.2, 0.25) is 5.02 Å². The summed E-state index contributed by atoms with van der Waals surface area (Å²) in [5, 5.41) is -0.589. The fraction of sp³-hybridized carbons (Fsp3) is 0.200. The van der Waals surface area contributed by atoms with E-state index in [0.29, 0.717) is 29.4 Å². The van der Waals surface area contributed by atoms with Gasteiger partial charge in [-0.15, -0.1) is 11.6 Å². The van der Waals surface area contributed by atoms with Crippen LogP contribution in [-0.2, 0) is 6.42 Å². The van der Waals surface area contributed by atoms with Crippen molar-refractivity contribution in [3.05, 3.63) is 63.4 Å². The second-order valence-electron chi connectivity index (χ2n) is 4.71. The summed E-state index contributed by atoms with van der Waals surface area (Å²) in [5.41, 5.74) is 1.16. The average molecular weight is 333 g/mol. The van der Waals surface area contributed by atoms with Crippen LogP contribution in [0.3, 0.4) is 0 Å². The lowest BCUT2D eigenvalue weighted by Crippen LogP contribution is -2.03. The molecule has 0 saturated carbocycles. The number of ether oxygens (including phenoxy) is 1. The molecule has 0 N–H and O–H groups in total. The minimum atomic E-state index is -1.54. The van der Waals surface area contributed by atoms with Crippen LogP contribution >= 0.6 is 23.2 Å². The summed E-state index contributed by atoms with van der Waals surface area (Å²) in [6, 6.07) is 5.26. The third-order valence-corrected chi connectivity index (χ3v) is 4.08. The Hall–Kier alpha value is -1.39. The number of hydrogen-bond acceptors (Lipinski definition) is 1. The minimum absolute atomic E-state index is 0.157. The normalized spacial score (nSPS) is 14.7. The van der Waals surface area contributed by atoms with Gasteiger partial charge >= 0.3 is 0 Å². The maximum Gasteiger partial charge on any atom is 0.194 e. The molecule has 1 unspecified atom stereocenters. The van der Waals surface area contributed by atoms with E-state index in [0.717, 1.165) is 17.7 Å². The van der Waals surface area contributed by atoms with E-state index in [1.54, 1.807) is 12.1 Å². The van der Waals surface area contributed by atoms with Crippen molar-refractivity contribution in [2.75, 3.05) is 6.61 Å². The van der Waals surface area contributed by atoms with Gasteiger partial charge in [0.05, 0.1) is 12.0 Å². The first-order chi connectivity index (χ1) is 9.99. The lowest BCUT2D eigenvalue weighted by molar-refractivity contribution is 0.353. The molecule has 1 nitrogen and oxygen atoms in total. The van der Waals surface area contributed by atoms with E-state index < -0.39 is 22.8 Å². The first kappa shape index (κ1) is 14.5. The molecule has 1 atom stereocenters. The Bertz CT molecular complexity index is 719. The molecule has 110 valence electrons. The van der Waals surface area contributed by atoms with Gasteiger partial charge in [-0.25, -0.2) is 13.2 Å². The molecule has 0 radical (unpaired) electrons. The second-order valence-corrected chi connectivity index (χ2v) is 5.58. The van der Waals surface area contributed by atoms with Gasteiger partial charge in [-0.1, -0.05) is 17.7 Å². The number of alkyl halides is 1. The molecule has 1 aliphatic rings. The summed E-state index contributed by atoms with van der Waals surface area (Å²) >= 11 is 12.3. The second kappa shape index (κ2) is 5.43. The third kappa shape index (κ3) is 2.47. The SMILES string of the molecule is Fc1ccc(C(Cl)c2cc(Cl)cc3c2OCC3)c(F)c1F. The van der Waals surface area contributed by atoms with Crippen LogP contribution in [0.15, 0.2) is 24.3 Å². The molecule has 0 saturated heterocycles. The number of halogens is 5. The first-order valence-corrected chi connectivity index (χ1v) is 7.03. The standard InChI is InChI=1S/C15H9Cl2F3O/c16-8-5-7-3-4-21-15(7)10(6-8)12(17)9-1-2-11(18)14(20)13(9)19/h1-2,5-6,12H,3-4H2. The van der Waals surface area contributed by atoms with Crippen molar-refractivity contribution in [2.45, 2.75) is 11.8 Å². The molecule has 2 aromatic carbocycles. The van der Waals surface area contributed by atoms with Gasteiger partial charge in [-0.05, 0) is 23.8 Å². The average Bonchev–Trinajstić information content (AvgIpc) is 2.91. The molecule has 2 aromatic rings. The first-order valence-electron chi connectivity index (χ1n) is 6.21. The fourth-order valence-corrected chi connectivity index (χ4v) is 2.97. The molecule has 0 fully saturated rings. The van der Waals surface area contributed by atoms with Crippen LogP contribution in [0.5, 0.6) is 5.75 Å². The molecule has 0 bridgehead atoms. The van der Waals surface area contributed by atoms with Crippen molar-refractivity contribution in [3.8, 4) is 5.75 Å². The Kier molecular flexibility index (Phi) is 3.76. The van der Waals surface area contributed by atoms with E-state index in [9.17, 15) is 13.2 Å². The van der Waals surface area contributed by atoms with E-state index in [1.807, 2.05) is 0 Å². The van der Waals surface area contributed by atoms with Crippen LogP contribution in [0, 0.1) is 17.5 Å². The van der Waals surface area contributed by atoms with Gasteiger partial charge in [0.15, 0.2) is 17.5 Å². The van der Waals surface area contributed by atoms with E-state index in [4.69, 9.17) is 27.9 Å². The molecule has 21 heavy (non-hydrogen) atoms. The Balaban J connectivity index is 2.12. The van der Waals surface area contributed by atoms with E-state index >= 15 is 0 Å². The quantitative estimate of drug-likeness (QED) is 0.554. The molecule has 0 aliphatic carbocycles. The van der Waals surface area contributed by atoms with Crippen LogP contribution in [-0.4, -0.2) is 6.61 Å². The van der Waals surface area contributed by atoms with Crippen molar-refractivity contribution in [1.29, 1.82) is 0 Å². The van der Waals surface area contributed by atoms with Gasteiger partial charge in [0.25, 0.3) is 0 Å². The highest BCUT2D eigenvalue weighted by molar-refractivity contribution is 6.31. The van der Waals surface area contributed by atoms with Gasteiger partial charge in [0.2, 0.25) is 0 Å². The zero-order chi connectivity index (χ0) is 15.1. The molecule has 1 aliphatic heterocycles. The number of benzene rings is 2. The molecular formula is C15H9Cl2F3O. The number of fused-ring (bicyclic) bond motifs is 1. The smallest absolute Gasteiger partial charge is 0.194 e. The highest BCUT2D eigenvalue weighted by Crippen LogP contribution is 2.42. The zero-order valence-corrected chi connectivity index (χ0v) is 12.1. The van der Waals surface area contributed by atoms with E-state index in [-0.39, 0.29) is 5.56 Å². The van der Waals surface area contributed by atoms with Crippen LogP contribution < -0.4 is 4.74 Å². The Labute approximate surface area is 129 Å². The minimum Gasteiger partial charge on any atom is -0.493 e. The largest absolute Gasteiger partial charge is 0.493 e. The molecule has 0 aromatic heterocycles. The summed E-state index contributed by atoms with van der Waals surface area (Å²) in [6.45, 7) is 0.479. The predicted molar refractivity (Wildman–Crippen MR) is 74.7 cm³/mol. The fourth-order valence-electron chi connectivity index (χ4n) is 2.39. The molecule has 1 heterocycles. The summed E-state index contributed by atoms with van der Waals surface area (Å²) in [7, 11) is 0. The van der Waals surface area contributed by atoms with Crippen molar-refractivity contribution >= 4 is 23.2 Å². The Morgan fingerprint density at radius 2 is 1.81 bits per heavy atom. The number of rotatable bonds is 2. The Morgan fingerprint density at radius 1 is 1.05 bits per heavy atom. The van der Waals surface area contributed by atoms with Gasteiger partial charge in [0.1, 0.15) is 5.75 Å². The van der Waals surface area contributed by atoms with Gasteiger partial charge in [-0.3, -0.25) is 0 Å². The zero-order valence-electron chi connectivity index (χ0n) is 10.6. The monoisotopic (exact) mass is 332 g/mol. The van der Waals surface area contributed by atoms with Crippen molar-refractivity contribution < 1.29 is 17.9 Å². The van der Waals surface area contributed by atoms with Crippen LogP contribution in [0.25, 0.3) is 0 Å². The van der Waals surface area contributed by atoms with E-state index in [1.165, 1.54) is 0 Å². The van der Waals surface area contributed by atoms with Gasteiger partial charge < -0.3 is 4.74 Å². The summed E-state index contributed by atoms with van der Waals surface area (Å²) in [5.74, 6) is -3.57. The van der Waals surface area contributed by atoms with Crippen molar-refractivity contribution in [3.63, 3.8) is 0 Å². The van der Waals surface area contributed by atoms with Gasteiger partial charge in [0, 0.05) is 22.6 Å². The highest BCUT2D eigenvalue weighted by Gasteiger charge is 2.26. The molecule has 0 spiro atoms. The van der Waals surface area contributed by atoms with Crippen molar-refractivity contribution in [1.82, 2.24) is 0 Å². The maximum absolute atomic E-state index is 13.9. The topological polar surface area (TPSA) is 9.23 Å². The number of hydrogen-bond donors (Lipinski definition) is 0.